The molecule has 0 aliphatic carbocycles. The molecule has 0 aliphatic heterocycles. The minimum absolute atomic E-state index is 0.0913. The zero-order valence-corrected chi connectivity index (χ0v) is 12.3. The van der Waals surface area contributed by atoms with Gasteiger partial charge in [-0.2, -0.15) is 0 Å². The molecule has 0 aliphatic rings. The number of methoxy groups -OCH3 is 1. The number of aliphatic hydroxyl groups is 1. The van der Waals surface area contributed by atoms with Gasteiger partial charge in [0.2, 0.25) is 0 Å². The average Bonchev–Trinajstić information content (AvgIpc) is 2.55. The lowest BCUT2D eigenvalue weighted by Crippen LogP contribution is -2.27. The zero-order valence-electron chi connectivity index (χ0n) is 12.3. The molecular weight excluding hydrogens is 264 g/mol. The molecule has 2 aromatic carbocycles. The summed E-state index contributed by atoms with van der Waals surface area (Å²) in [6, 6.07) is 16.0. The van der Waals surface area contributed by atoms with Crippen LogP contribution in [0.4, 0.5) is 5.69 Å². The molecule has 0 amide bonds. The van der Waals surface area contributed by atoms with E-state index in [0.717, 1.165) is 23.5 Å². The molecule has 0 bridgehead atoms. The van der Waals surface area contributed by atoms with Crippen LogP contribution in [0.15, 0.2) is 48.5 Å². The molecule has 0 unspecified atom stereocenters. The molecule has 3 N–H and O–H groups in total. The van der Waals surface area contributed by atoms with Crippen molar-refractivity contribution >= 4 is 5.69 Å². The molecule has 0 radical (unpaired) electrons. The Morgan fingerprint density at radius 2 is 1.90 bits per heavy atom. The number of anilines is 1. The third-order valence-electron chi connectivity index (χ3n) is 3.44. The van der Waals surface area contributed by atoms with Gasteiger partial charge >= 0.3 is 0 Å². The van der Waals surface area contributed by atoms with E-state index in [2.05, 4.69) is 17.0 Å². The second kappa shape index (κ2) is 7.67. The summed E-state index contributed by atoms with van der Waals surface area (Å²) in [5, 5.41) is 9.36. The van der Waals surface area contributed by atoms with Gasteiger partial charge in [-0.05, 0) is 17.2 Å². The minimum atomic E-state index is 0.0913. The lowest BCUT2D eigenvalue weighted by molar-refractivity contribution is 0.301. The molecule has 0 saturated heterocycles. The van der Waals surface area contributed by atoms with Crippen molar-refractivity contribution in [3.05, 3.63) is 59.7 Å². The smallest absolute Gasteiger partial charge is 0.120 e. The highest BCUT2D eigenvalue weighted by atomic mass is 16.5. The van der Waals surface area contributed by atoms with Gasteiger partial charge in [0.05, 0.1) is 13.7 Å². The fourth-order valence-electron chi connectivity index (χ4n) is 2.35. The number of benzene rings is 2. The summed E-state index contributed by atoms with van der Waals surface area (Å²) in [4.78, 5) is 2.13. The summed E-state index contributed by atoms with van der Waals surface area (Å²) >= 11 is 0. The minimum Gasteiger partial charge on any atom is -0.497 e. The van der Waals surface area contributed by atoms with Crippen LogP contribution >= 0.6 is 0 Å². The normalized spacial score (nSPS) is 10.4. The fourth-order valence-corrected chi connectivity index (χ4v) is 2.35. The Hall–Kier alpha value is -2.04. The van der Waals surface area contributed by atoms with Gasteiger partial charge in [0, 0.05) is 31.4 Å². The summed E-state index contributed by atoms with van der Waals surface area (Å²) < 4.78 is 5.30. The van der Waals surface area contributed by atoms with E-state index in [-0.39, 0.29) is 6.61 Å². The Morgan fingerprint density at radius 1 is 1.14 bits per heavy atom. The first kappa shape index (κ1) is 15.4. The number of hydrogen-bond donors (Lipinski definition) is 2. The maximum Gasteiger partial charge on any atom is 0.120 e. The van der Waals surface area contributed by atoms with Gasteiger partial charge in [0.25, 0.3) is 0 Å². The topological polar surface area (TPSA) is 58.7 Å². The Bertz CT molecular complexity index is 558. The number of nitrogens with zero attached hydrogens (tertiary/aromatic N) is 1. The lowest BCUT2D eigenvalue weighted by atomic mass is 10.1. The second-order valence-electron chi connectivity index (χ2n) is 4.83. The molecule has 0 atom stereocenters. The number of aliphatic hydroxyl groups excluding tert-OH is 1. The quantitative estimate of drug-likeness (QED) is 0.819. The summed E-state index contributed by atoms with van der Waals surface area (Å²) in [6.45, 7) is 1.82. The van der Waals surface area contributed by atoms with Gasteiger partial charge < -0.3 is 20.5 Å². The van der Waals surface area contributed by atoms with Gasteiger partial charge in [-0.3, -0.25) is 0 Å². The molecule has 4 heteroatoms. The largest absolute Gasteiger partial charge is 0.497 e. The highest BCUT2D eigenvalue weighted by molar-refractivity contribution is 5.57. The second-order valence-corrected chi connectivity index (χ2v) is 4.83. The van der Waals surface area contributed by atoms with Crippen LogP contribution in [0, 0.1) is 0 Å². The predicted molar refractivity (Wildman–Crippen MR) is 85.5 cm³/mol. The van der Waals surface area contributed by atoms with Crippen LogP contribution in [0.25, 0.3) is 0 Å². The van der Waals surface area contributed by atoms with Crippen LogP contribution in [0.2, 0.25) is 0 Å². The van der Waals surface area contributed by atoms with E-state index in [4.69, 9.17) is 10.5 Å². The van der Waals surface area contributed by atoms with E-state index in [1.165, 1.54) is 5.56 Å². The first-order valence-electron chi connectivity index (χ1n) is 7.05. The van der Waals surface area contributed by atoms with Gasteiger partial charge in [-0.1, -0.05) is 36.4 Å². The standard InChI is InChI=1S/C17H22N2O2/c1-21-16-8-7-15(12-18)17(11-16)19(9-10-20)13-14-5-3-2-4-6-14/h2-8,11,20H,9-10,12-13,18H2,1H3. The van der Waals surface area contributed by atoms with Crippen LogP contribution < -0.4 is 15.4 Å². The molecule has 4 nitrogen and oxygen atoms in total. The van der Waals surface area contributed by atoms with E-state index in [1.807, 2.05) is 36.4 Å². The monoisotopic (exact) mass is 286 g/mol. The van der Waals surface area contributed by atoms with E-state index < -0.39 is 0 Å². The average molecular weight is 286 g/mol. The maximum absolute atomic E-state index is 9.36. The van der Waals surface area contributed by atoms with Crippen molar-refractivity contribution in [1.29, 1.82) is 0 Å². The van der Waals surface area contributed by atoms with Crippen LogP contribution in [-0.2, 0) is 13.1 Å². The van der Waals surface area contributed by atoms with Crippen molar-refractivity contribution in [2.45, 2.75) is 13.1 Å². The van der Waals surface area contributed by atoms with Gasteiger partial charge in [-0.25, -0.2) is 0 Å². The molecule has 2 aromatic rings. The molecule has 0 fully saturated rings. The van der Waals surface area contributed by atoms with Gasteiger partial charge in [-0.15, -0.1) is 0 Å². The maximum atomic E-state index is 9.36. The number of nitrogens with two attached hydrogens (primary N) is 1. The first-order valence-corrected chi connectivity index (χ1v) is 7.05. The summed E-state index contributed by atoms with van der Waals surface area (Å²) in [7, 11) is 1.65. The Balaban J connectivity index is 2.32. The fraction of sp³-hybridized carbons (Fsp3) is 0.294. The van der Waals surface area contributed by atoms with Crippen molar-refractivity contribution in [2.75, 3.05) is 25.2 Å². The van der Waals surface area contributed by atoms with E-state index >= 15 is 0 Å². The zero-order chi connectivity index (χ0) is 15.1. The molecule has 0 spiro atoms. The van der Waals surface area contributed by atoms with Gasteiger partial charge in [0.1, 0.15) is 5.75 Å². The Morgan fingerprint density at radius 3 is 2.52 bits per heavy atom. The summed E-state index contributed by atoms with van der Waals surface area (Å²) in [5.41, 5.74) is 9.08. The highest BCUT2D eigenvalue weighted by Gasteiger charge is 2.12. The Labute approximate surface area is 125 Å². The molecule has 112 valence electrons. The van der Waals surface area contributed by atoms with Crippen molar-refractivity contribution in [1.82, 2.24) is 0 Å². The van der Waals surface area contributed by atoms with Crippen LogP contribution in [0.1, 0.15) is 11.1 Å². The number of hydrogen-bond acceptors (Lipinski definition) is 4. The molecular formula is C17H22N2O2. The van der Waals surface area contributed by atoms with Crippen molar-refractivity contribution in [3.63, 3.8) is 0 Å². The van der Waals surface area contributed by atoms with Crippen molar-refractivity contribution in [3.8, 4) is 5.75 Å². The van der Waals surface area contributed by atoms with Crippen LogP contribution in [0.3, 0.4) is 0 Å². The summed E-state index contributed by atoms with van der Waals surface area (Å²) in [5.74, 6) is 0.790. The molecule has 2 rings (SSSR count). The predicted octanol–water partition coefficient (Wildman–Crippen LogP) is 2.15. The third kappa shape index (κ3) is 3.97. The molecule has 0 aromatic heterocycles. The third-order valence-corrected chi connectivity index (χ3v) is 3.44. The highest BCUT2D eigenvalue weighted by Crippen LogP contribution is 2.27. The van der Waals surface area contributed by atoms with Crippen molar-refractivity contribution < 1.29 is 9.84 Å². The molecule has 0 saturated carbocycles. The SMILES string of the molecule is COc1ccc(CN)c(N(CCO)Cc2ccccc2)c1. The summed E-state index contributed by atoms with van der Waals surface area (Å²) in [6.07, 6.45) is 0. The number of ether oxygens (including phenoxy) is 1. The van der Waals surface area contributed by atoms with Gasteiger partial charge in [0.15, 0.2) is 0 Å². The molecule has 0 heterocycles. The van der Waals surface area contributed by atoms with E-state index in [0.29, 0.717) is 13.1 Å². The Kier molecular flexibility index (Phi) is 5.60. The van der Waals surface area contributed by atoms with Crippen molar-refractivity contribution in [2.24, 2.45) is 5.73 Å². The number of rotatable bonds is 7. The van der Waals surface area contributed by atoms with Crippen LogP contribution in [-0.4, -0.2) is 25.4 Å². The lowest BCUT2D eigenvalue weighted by Gasteiger charge is -2.27. The first-order chi connectivity index (χ1) is 10.3. The van der Waals surface area contributed by atoms with Crippen LogP contribution in [0.5, 0.6) is 5.75 Å². The van der Waals surface area contributed by atoms with E-state index in [1.54, 1.807) is 7.11 Å². The molecule has 21 heavy (non-hydrogen) atoms. The van der Waals surface area contributed by atoms with E-state index in [9.17, 15) is 5.11 Å².